The SMILES string of the molecule is CCN1CCN(S(=O)(=O)c2cccc(NC(=O)Cc3ccccc3Cl)c2)CC1. The first-order chi connectivity index (χ1) is 13.4. The molecule has 0 atom stereocenters. The Morgan fingerprint density at radius 2 is 1.79 bits per heavy atom. The molecule has 0 radical (unpaired) electrons. The Hall–Kier alpha value is -1.93. The summed E-state index contributed by atoms with van der Waals surface area (Å²) >= 11 is 6.09. The Labute approximate surface area is 171 Å². The molecule has 6 nitrogen and oxygen atoms in total. The molecular formula is C20H24ClN3O3S. The summed E-state index contributed by atoms with van der Waals surface area (Å²) in [6.07, 6.45) is 0.121. The van der Waals surface area contributed by atoms with E-state index in [1.54, 1.807) is 36.4 Å². The lowest BCUT2D eigenvalue weighted by Gasteiger charge is -2.33. The lowest BCUT2D eigenvalue weighted by molar-refractivity contribution is -0.115. The molecule has 0 bridgehead atoms. The number of amides is 1. The Kier molecular flexibility index (Phi) is 6.72. The summed E-state index contributed by atoms with van der Waals surface area (Å²) in [6.45, 7) is 5.38. The number of benzene rings is 2. The molecule has 8 heteroatoms. The first-order valence-corrected chi connectivity index (χ1v) is 11.1. The van der Waals surface area contributed by atoms with Gasteiger partial charge in [-0.05, 0) is 36.4 Å². The van der Waals surface area contributed by atoms with Crippen LogP contribution in [0.4, 0.5) is 5.69 Å². The maximum absolute atomic E-state index is 12.9. The number of hydrogen-bond acceptors (Lipinski definition) is 4. The normalized spacial score (nSPS) is 16.1. The van der Waals surface area contributed by atoms with Gasteiger partial charge in [-0.15, -0.1) is 0 Å². The van der Waals surface area contributed by atoms with E-state index >= 15 is 0 Å². The van der Waals surface area contributed by atoms with Crippen LogP contribution in [0.25, 0.3) is 0 Å². The molecule has 1 heterocycles. The fourth-order valence-electron chi connectivity index (χ4n) is 3.19. The van der Waals surface area contributed by atoms with Crippen LogP contribution in [-0.4, -0.2) is 56.3 Å². The highest BCUT2D eigenvalue weighted by atomic mass is 35.5. The zero-order valence-corrected chi connectivity index (χ0v) is 17.3. The van der Waals surface area contributed by atoms with Crippen LogP contribution in [0, 0.1) is 0 Å². The standard InChI is InChI=1S/C20H24ClN3O3S/c1-2-23-10-12-24(13-11-23)28(26,27)18-8-5-7-17(15-18)22-20(25)14-16-6-3-4-9-19(16)21/h3-9,15H,2,10-14H2,1H3,(H,22,25). The van der Waals surface area contributed by atoms with Crippen molar-refractivity contribution in [2.24, 2.45) is 0 Å². The summed E-state index contributed by atoms with van der Waals surface area (Å²) < 4.78 is 27.4. The summed E-state index contributed by atoms with van der Waals surface area (Å²) in [4.78, 5) is 14.7. The average molecular weight is 422 g/mol. The molecular weight excluding hydrogens is 398 g/mol. The predicted molar refractivity (Wildman–Crippen MR) is 111 cm³/mol. The molecule has 1 aliphatic rings. The first kappa shape index (κ1) is 20.8. The van der Waals surface area contributed by atoms with Gasteiger partial charge in [0.1, 0.15) is 0 Å². The van der Waals surface area contributed by atoms with Crippen molar-refractivity contribution in [3.8, 4) is 0 Å². The number of carbonyl (C=O) groups excluding carboxylic acids is 1. The Bertz CT molecular complexity index is 941. The summed E-state index contributed by atoms with van der Waals surface area (Å²) in [5, 5.41) is 3.29. The number of anilines is 1. The molecule has 0 aromatic heterocycles. The van der Waals surface area contributed by atoms with Gasteiger partial charge in [0.2, 0.25) is 15.9 Å². The third-order valence-electron chi connectivity index (χ3n) is 4.84. The molecule has 0 aliphatic carbocycles. The molecule has 0 spiro atoms. The van der Waals surface area contributed by atoms with Gasteiger partial charge in [-0.25, -0.2) is 8.42 Å². The smallest absolute Gasteiger partial charge is 0.243 e. The van der Waals surface area contributed by atoms with Crippen molar-refractivity contribution in [2.75, 3.05) is 38.0 Å². The Balaban J connectivity index is 1.70. The van der Waals surface area contributed by atoms with Crippen LogP contribution in [-0.2, 0) is 21.2 Å². The fraction of sp³-hybridized carbons (Fsp3) is 0.350. The van der Waals surface area contributed by atoms with Crippen LogP contribution in [0.2, 0.25) is 5.02 Å². The Morgan fingerprint density at radius 3 is 2.46 bits per heavy atom. The first-order valence-electron chi connectivity index (χ1n) is 9.26. The summed E-state index contributed by atoms with van der Waals surface area (Å²) in [6, 6.07) is 13.5. The van der Waals surface area contributed by atoms with Crippen molar-refractivity contribution < 1.29 is 13.2 Å². The molecule has 0 unspecified atom stereocenters. The largest absolute Gasteiger partial charge is 0.326 e. The number of halogens is 1. The van der Waals surface area contributed by atoms with Gasteiger partial charge in [0.15, 0.2) is 0 Å². The highest BCUT2D eigenvalue weighted by Crippen LogP contribution is 2.22. The molecule has 1 aliphatic heterocycles. The van der Waals surface area contributed by atoms with E-state index in [1.807, 2.05) is 6.07 Å². The van der Waals surface area contributed by atoms with Gasteiger partial charge in [-0.2, -0.15) is 4.31 Å². The minimum absolute atomic E-state index is 0.121. The highest BCUT2D eigenvalue weighted by Gasteiger charge is 2.28. The van der Waals surface area contributed by atoms with E-state index < -0.39 is 10.0 Å². The number of nitrogens with one attached hydrogen (secondary N) is 1. The zero-order chi connectivity index (χ0) is 20.1. The molecule has 1 saturated heterocycles. The van der Waals surface area contributed by atoms with Crippen LogP contribution in [0.1, 0.15) is 12.5 Å². The number of likely N-dealkylation sites (N-methyl/N-ethyl adjacent to an activating group) is 1. The third-order valence-corrected chi connectivity index (χ3v) is 7.11. The lowest BCUT2D eigenvalue weighted by atomic mass is 10.1. The maximum atomic E-state index is 12.9. The number of rotatable bonds is 6. The second-order valence-electron chi connectivity index (χ2n) is 6.68. The molecule has 1 N–H and O–H groups in total. The van der Waals surface area contributed by atoms with Gasteiger partial charge in [-0.3, -0.25) is 4.79 Å². The van der Waals surface area contributed by atoms with E-state index in [4.69, 9.17) is 11.6 Å². The molecule has 0 saturated carbocycles. The van der Waals surface area contributed by atoms with E-state index in [0.29, 0.717) is 23.8 Å². The molecule has 2 aromatic rings. The average Bonchev–Trinajstić information content (AvgIpc) is 2.70. The van der Waals surface area contributed by atoms with Crippen molar-refractivity contribution in [1.82, 2.24) is 9.21 Å². The minimum Gasteiger partial charge on any atom is -0.326 e. The van der Waals surface area contributed by atoms with Crippen LogP contribution in [0.15, 0.2) is 53.4 Å². The van der Waals surface area contributed by atoms with E-state index in [9.17, 15) is 13.2 Å². The Morgan fingerprint density at radius 1 is 1.07 bits per heavy atom. The van der Waals surface area contributed by atoms with Crippen LogP contribution in [0.3, 0.4) is 0 Å². The minimum atomic E-state index is -3.58. The topological polar surface area (TPSA) is 69.7 Å². The van der Waals surface area contributed by atoms with Gasteiger partial charge < -0.3 is 10.2 Å². The van der Waals surface area contributed by atoms with Gasteiger partial charge in [-0.1, -0.05) is 42.8 Å². The maximum Gasteiger partial charge on any atom is 0.243 e. The van der Waals surface area contributed by atoms with E-state index in [2.05, 4.69) is 17.1 Å². The van der Waals surface area contributed by atoms with Crippen molar-refractivity contribution in [3.05, 3.63) is 59.1 Å². The van der Waals surface area contributed by atoms with Gasteiger partial charge in [0, 0.05) is 36.9 Å². The van der Waals surface area contributed by atoms with E-state index in [1.165, 1.54) is 10.4 Å². The number of sulfonamides is 1. The summed E-state index contributed by atoms with van der Waals surface area (Å²) in [5.74, 6) is -0.251. The molecule has 2 aromatic carbocycles. The van der Waals surface area contributed by atoms with Crippen LogP contribution >= 0.6 is 11.6 Å². The van der Waals surface area contributed by atoms with E-state index in [0.717, 1.165) is 25.2 Å². The van der Waals surface area contributed by atoms with Crippen molar-refractivity contribution >= 4 is 33.2 Å². The second-order valence-corrected chi connectivity index (χ2v) is 9.03. The molecule has 150 valence electrons. The second kappa shape index (κ2) is 9.05. The molecule has 1 fully saturated rings. The van der Waals surface area contributed by atoms with Gasteiger partial charge >= 0.3 is 0 Å². The van der Waals surface area contributed by atoms with Crippen LogP contribution in [0.5, 0.6) is 0 Å². The monoisotopic (exact) mass is 421 g/mol. The predicted octanol–water partition coefficient (Wildman–Crippen LogP) is 2.85. The fourth-order valence-corrected chi connectivity index (χ4v) is 4.86. The van der Waals surface area contributed by atoms with Crippen LogP contribution < -0.4 is 5.32 Å². The lowest BCUT2D eigenvalue weighted by Crippen LogP contribution is -2.48. The van der Waals surface area contributed by atoms with Crippen molar-refractivity contribution in [2.45, 2.75) is 18.2 Å². The van der Waals surface area contributed by atoms with E-state index in [-0.39, 0.29) is 17.2 Å². The molecule has 3 rings (SSSR count). The number of piperazine rings is 1. The number of hydrogen-bond donors (Lipinski definition) is 1. The van der Waals surface area contributed by atoms with Gasteiger partial charge in [0.05, 0.1) is 11.3 Å². The van der Waals surface area contributed by atoms with Crippen molar-refractivity contribution in [3.63, 3.8) is 0 Å². The zero-order valence-electron chi connectivity index (χ0n) is 15.8. The summed E-state index contributed by atoms with van der Waals surface area (Å²) in [7, 11) is -3.58. The molecule has 1 amide bonds. The number of nitrogens with zero attached hydrogens (tertiary/aromatic N) is 2. The van der Waals surface area contributed by atoms with Gasteiger partial charge in [0.25, 0.3) is 0 Å². The molecule has 28 heavy (non-hydrogen) atoms. The quantitative estimate of drug-likeness (QED) is 0.778. The number of carbonyl (C=O) groups is 1. The highest BCUT2D eigenvalue weighted by molar-refractivity contribution is 7.89. The summed E-state index contributed by atoms with van der Waals surface area (Å²) in [5.41, 5.74) is 1.17. The van der Waals surface area contributed by atoms with Crippen molar-refractivity contribution in [1.29, 1.82) is 0 Å². The third kappa shape index (κ3) is 4.91.